The van der Waals surface area contributed by atoms with E-state index in [1.165, 1.54) is 13.1 Å². The maximum absolute atomic E-state index is 12.3. The maximum atomic E-state index is 12.3. The quantitative estimate of drug-likeness (QED) is 0.364. The normalized spacial score (nSPS) is 10.6. The summed E-state index contributed by atoms with van der Waals surface area (Å²) in [5.41, 5.74) is 10.5. The van der Waals surface area contributed by atoms with Crippen molar-refractivity contribution in [3.05, 3.63) is 66.5 Å². The molecule has 2 aromatic heterocycles. The smallest absolute Gasteiger partial charge is 0.323 e. The fraction of sp³-hybridized carbons (Fsp3) is 0.0909. The Morgan fingerprint density at radius 1 is 1.06 bits per heavy atom. The fourth-order valence-electron chi connectivity index (χ4n) is 3.18. The fourth-order valence-corrected chi connectivity index (χ4v) is 3.18. The number of aromatic amines is 1. The molecule has 2 heterocycles. The van der Waals surface area contributed by atoms with Gasteiger partial charge < -0.3 is 21.1 Å². The van der Waals surface area contributed by atoms with Crippen LogP contribution in [-0.2, 0) is 16.1 Å². The number of nitrogen functional groups attached to an aromatic ring is 1. The Morgan fingerprint density at radius 3 is 2.61 bits per heavy atom. The molecule has 9 nitrogen and oxygen atoms in total. The molecule has 2 aromatic carbocycles. The molecule has 0 fully saturated rings. The van der Waals surface area contributed by atoms with Crippen LogP contribution in [-0.4, -0.2) is 27.2 Å². The van der Waals surface area contributed by atoms with Gasteiger partial charge >= 0.3 is 12.0 Å². The molecule has 2 amide bonds. The number of carbonyl (C=O) groups excluding carboxylic acids is 2. The molecular weight excluding hydrogens is 396 g/mol. The van der Waals surface area contributed by atoms with E-state index in [0.717, 1.165) is 22.0 Å². The number of esters is 1. The lowest BCUT2D eigenvalue weighted by molar-refractivity contribution is -0.142. The van der Waals surface area contributed by atoms with Gasteiger partial charge in [0.25, 0.3) is 0 Å². The first kappa shape index (κ1) is 19.9. The Kier molecular flexibility index (Phi) is 5.48. The summed E-state index contributed by atoms with van der Waals surface area (Å²) < 4.78 is 4.92. The number of ether oxygens (including phenoxy) is 1. The third-order valence-corrected chi connectivity index (χ3v) is 4.57. The number of fused-ring (bicyclic) bond motifs is 1. The van der Waals surface area contributed by atoms with Gasteiger partial charge in [0.1, 0.15) is 6.61 Å². The molecular formula is C22H20N6O3. The molecule has 0 saturated carbocycles. The highest BCUT2D eigenvalue weighted by Crippen LogP contribution is 2.31. The number of urea groups is 1. The topological polar surface area (TPSA) is 135 Å². The van der Waals surface area contributed by atoms with Crippen LogP contribution in [0.15, 0.2) is 60.8 Å². The molecule has 0 radical (unpaired) electrons. The van der Waals surface area contributed by atoms with Gasteiger partial charge in [0, 0.05) is 24.5 Å². The number of amides is 2. The summed E-state index contributed by atoms with van der Waals surface area (Å²) in [4.78, 5) is 27.4. The van der Waals surface area contributed by atoms with Crippen LogP contribution in [0, 0.1) is 0 Å². The number of pyridine rings is 1. The number of nitrogens with zero attached hydrogens (tertiary/aromatic N) is 2. The summed E-state index contributed by atoms with van der Waals surface area (Å²) in [6.07, 6.45) is 1.53. The zero-order valence-corrected chi connectivity index (χ0v) is 16.7. The van der Waals surface area contributed by atoms with E-state index in [2.05, 4.69) is 25.8 Å². The number of nitrogens with two attached hydrogens (primary N) is 1. The zero-order chi connectivity index (χ0) is 21.8. The van der Waals surface area contributed by atoms with Crippen LogP contribution >= 0.6 is 0 Å². The van der Waals surface area contributed by atoms with Crippen molar-refractivity contribution in [3.63, 3.8) is 0 Å². The highest BCUT2D eigenvalue weighted by molar-refractivity contribution is 6.02. The SMILES string of the molecule is CC(=O)OCc1cc(NC(=O)Nc2ccc(-c3cccc4[nH]nc(N)c34)cc2)ccn1. The number of hydrogen-bond acceptors (Lipinski definition) is 6. The van der Waals surface area contributed by atoms with Crippen molar-refractivity contribution in [2.24, 2.45) is 0 Å². The largest absolute Gasteiger partial charge is 0.459 e. The monoisotopic (exact) mass is 416 g/mol. The Morgan fingerprint density at radius 2 is 1.84 bits per heavy atom. The van der Waals surface area contributed by atoms with Crippen molar-refractivity contribution < 1.29 is 14.3 Å². The molecule has 0 atom stereocenters. The first-order valence-electron chi connectivity index (χ1n) is 9.49. The van der Waals surface area contributed by atoms with E-state index in [1.807, 2.05) is 42.5 Å². The van der Waals surface area contributed by atoms with Crippen molar-refractivity contribution in [2.45, 2.75) is 13.5 Å². The second-order valence-electron chi connectivity index (χ2n) is 6.81. The minimum Gasteiger partial charge on any atom is -0.459 e. The first-order chi connectivity index (χ1) is 15.0. The molecule has 4 rings (SSSR count). The number of aromatic nitrogens is 3. The van der Waals surface area contributed by atoms with Gasteiger partial charge in [-0.25, -0.2) is 4.79 Å². The van der Waals surface area contributed by atoms with Crippen molar-refractivity contribution in [1.82, 2.24) is 15.2 Å². The van der Waals surface area contributed by atoms with Gasteiger partial charge in [-0.1, -0.05) is 24.3 Å². The minimum absolute atomic E-state index is 0.0435. The number of H-pyrrole nitrogens is 1. The van der Waals surface area contributed by atoms with Crippen LogP contribution in [0.5, 0.6) is 0 Å². The second kappa shape index (κ2) is 8.54. The van der Waals surface area contributed by atoms with Crippen LogP contribution in [0.4, 0.5) is 22.0 Å². The van der Waals surface area contributed by atoms with E-state index < -0.39 is 12.0 Å². The van der Waals surface area contributed by atoms with E-state index in [0.29, 0.717) is 22.9 Å². The summed E-state index contributed by atoms with van der Waals surface area (Å²) in [5, 5.41) is 13.4. The average molecular weight is 416 g/mol. The van der Waals surface area contributed by atoms with Gasteiger partial charge in [0.2, 0.25) is 0 Å². The van der Waals surface area contributed by atoms with Crippen LogP contribution in [0.1, 0.15) is 12.6 Å². The predicted molar refractivity (Wildman–Crippen MR) is 118 cm³/mol. The van der Waals surface area contributed by atoms with Gasteiger partial charge in [0.05, 0.1) is 16.6 Å². The lowest BCUT2D eigenvalue weighted by Gasteiger charge is -2.10. The molecule has 156 valence electrons. The number of rotatable bonds is 5. The van der Waals surface area contributed by atoms with Crippen LogP contribution in [0.2, 0.25) is 0 Å². The number of nitrogens with one attached hydrogen (secondary N) is 3. The average Bonchev–Trinajstić information content (AvgIpc) is 3.14. The molecule has 5 N–H and O–H groups in total. The molecule has 0 aliphatic rings. The summed E-state index contributed by atoms with van der Waals surface area (Å²) in [7, 11) is 0. The van der Waals surface area contributed by atoms with Crippen LogP contribution in [0.25, 0.3) is 22.0 Å². The Labute approximate surface area is 177 Å². The molecule has 0 unspecified atom stereocenters. The molecule has 0 bridgehead atoms. The van der Waals surface area contributed by atoms with Crippen molar-refractivity contribution in [2.75, 3.05) is 16.4 Å². The number of anilines is 3. The maximum Gasteiger partial charge on any atom is 0.323 e. The molecule has 0 saturated heterocycles. The van der Waals surface area contributed by atoms with Crippen LogP contribution < -0.4 is 16.4 Å². The summed E-state index contributed by atoms with van der Waals surface area (Å²) in [6, 6.07) is 16.1. The third kappa shape index (κ3) is 4.61. The summed E-state index contributed by atoms with van der Waals surface area (Å²) in [5.74, 6) is 0.0469. The van der Waals surface area contributed by atoms with E-state index in [-0.39, 0.29) is 6.61 Å². The predicted octanol–water partition coefficient (Wildman–Crippen LogP) is 3.91. The molecule has 9 heteroatoms. The van der Waals surface area contributed by atoms with Crippen molar-refractivity contribution in [1.29, 1.82) is 0 Å². The van der Waals surface area contributed by atoms with E-state index >= 15 is 0 Å². The van der Waals surface area contributed by atoms with Crippen molar-refractivity contribution in [3.8, 4) is 11.1 Å². The minimum atomic E-state index is -0.404. The van der Waals surface area contributed by atoms with Gasteiger partial charge in [-0.15, -0.1) is 0 Å². The molecule has 31 heavy (non-hydrogen) atoms. The lowest BCUT2D eigenvalue weighted by atomic mass is 10.0. The highest BCUT2D eigenvalue weighted by atomic mass is 16.5. The number of benzene rings is 2. The van der Waals surface area contributed by atoms with E-state index in [1.54, 1.807) is 12.1 Å². The zero-order valence-electron chi connectivity index (χ0n) is 16.7. The molecule has 0 spiro atoms. The van der Waals surface area contributed by atoms with Gasteiger partial charge in [0.15, 0.2) is 5.82 Å². The van der Waals surface area contributed by atoms with Gasteiger partial charge in [-0.3, -0.25) is 14.9 Å². The third-order valence-electron chi connectivity index (χ3n) is 4.57. The Balaban J connectivity index is 1.43. The van der Waals surface area contributed by atoms with E-state index in [4.69, 9.17) is 10.5 Å². The van der Waals surface area contributed by atoms with Gasteiger partial charge in [-0.05, 0) is 41.5 Å². The Hall–Kier alpha value is -4.40. The molecule has 4 aromatic rings. The standard InChI is InChI=1S/C22H20N6O3/c1-13(29)31-12-17-11-16(9-10-24-17)26-22(30)25-15-7-5-14(6-8-15)18-3-2-4-19-20(18)21(23)28-27-19/h2-11H,12H2,1H3,(H3,23,27,28)(H2,24,25,26,30). The number of hydrogen-bond donors (Lipinski definition) is 4. The van der Waals surface area contributed by atoms with Gasteiger partial charge in [-0.2, -0.15) is 5.10 Å². The Bertz CT molecular complexity index is 1250. The summed E-state index contributed by atoms with van der Waals surface area (Å²) in [6.45, 7) is 1.37. The second-order valence-corrected chi connectivity index (χ2v) is 6.81. The van der Waals surface area contributed by atoms with Crippen LogP contribution in [0.3, 0.4) is 0 Å². The molecule has 0 aliphatic heterocycles. The lowest BCUT2D eigenvalue weighted by Crippen LogP contribution is -2.19. The van der Waals surface area contributed by atoms with Crippen molar-refractivity contribution >= 4 is 40.1 Å². The summed E-state index contributed by atoms with van der Waals surface area (Å²) >= 11 is 0. The number of carbonyl (C=O) groups is 2. The first-order valence-corrected chi connectivity index (χ1v) is 9.49. The highest BCUT2D eigenvalue weighted by Gasteiger charge is 2.10. The van der Waals surface area contributed by atoms with E-state index in [9.17, 15) is 9.59 Å². The molecule has 0 aliphatic carbocycles.